The first-order chi connectivity index (χ1) is 10.7. The Hall–Kier alpha value is -2.42. The Balaban J connectivity index is 2.76. The SMILES string of the molecule is COc1cc(OC)c(-n2c(=O)cc(C(F)(F)F)[nH]c2=O)cc1Cl. The molecule has 0 aliphatic heterocycles. The monoisotopic (exact) mass is 350 g/mol. The highest BCUT2D eigenvalue weighted by atomic mass is 35.5. The average Bonchev–Trinajstić information content (AvgIpc) is 2.45. The van der Waals surface area contributed by atoms with Crippen LogP contribution >= 0.6 is 11.6 Å². The molecular formula is C13H10ClF3N2O4. The number of methoxy groups -OCH3 is 2. The summed E-state index contributed by atoms with van der Waals surface area (Å²) in [5, 5.41) is 0.0505. The van der Waals surface area contributed by atoms with E-state index in [0.717, 1.165) is 0 Å². The quantitative estimate of drug-likeness (QED) is 0.921. The fourth-order valence-corrected chi connectivity index (χ4v) is 2.13. The van der Waals surface area contributed by atoms with Gasteiger partial charge in [-0.25, -0.2) is 9.36 Å². The molecule has 2 rings (SSSR count). The number of aromatic amines is 1. The minimum atomic E-state index is -4.85. The molecule has 0 spiro atoms. The molecule has 1 aromatic heterocycles. The number of hydrogen-bond acceptors (Lipinski definition) is 4. The molecular weight excluding hydrogens is 341 g/mol. The molecule has 1 N–H and O–H groups in total. The van der Waals surface area contributed by atoms with Gasteiger partial charge in [-0.3, -0.25) is 4.79 Å². The molecule has 0 amide bonds. The largest absolute Gasteiger partial charge is 0.495 e. The van der Waals surface area contributed by atoms with Gasteiger partial charge in [0, 0.05) is 12.1 Å². The minimum absolute atomic E-state index is 0.0265. The third kappa shape index (κ3) is 3.19. The molecule has 6 nitrogen and oxygen atoms in total. The van der Waals surface area contributed by atoms with Gasteiger partial charge in [-0.05, 0) is 6.07 Å². The number of benzene rings is 1. The van der Waals surface area contributed by atoms with Crippen molar-refractivity contribution in [1.29, 1.82) is 0 Å². The van der Waals surface area contributed by atoms with Crippen molar-refractivity contribution < 1.29 is 22.6 Å². The summed E-state index contributed by atoms with van der Waals surface area (Å²) in [6.45, 7) is 0. The zero-order valence-electron chi connectivity index (χ0n) is 11.8. The van der Waals surface area contributed by atoms with Crippen molar-refractivity contribution in [3.8, 4) is 17.2 Å². The van der Waals surface area contributed by atoms with Crippen LogP contribution in [0.3, 0.4) is 0 Å². The van der Waals surface area contributed by atoms with Crippen LogP contribution in [0.15, 0.2) is 27.8 Å². The van der Waals surface area contributed by atoms with E-state index in [0.29, 0.717) is 4.57 Å². The van der Waals surface area contributed by atoms with Crippen molar-refractivity contribution in [2.75, 3.05) is 14.2 Å². The number of hydrogen-bond donors (Lipinski definition) is 1. The number of halogens is 4. The van der Waals surface area contributed by atoms with Crippen LogP contribution in [0, 0.1) is 0 Å². The van der Waals surface area contributed by atoms with Crippen LogP contribution in [-0.2, 0) is 6.18 Å². The molecule has 0 saturated heterocycles. The fraction of sp³-hybridized carbons (Fsp3) is 0.231. The number of nitrogens with one attached hydrogen (secondary N) is 1. The van der Waals surface area contributed by atoms with Crippen molar-refractivity contribution in [2.24, 2.45) is 0 Å². The smallest absolute Gasteiger partial charge is 0.431 e. The lowest BCUT2D eigenvalue weighted by Crippen LogP contribution is -2.36. The zero-order valence-corrected chi connectivity index (χ0v) is 12.6. The molecule has 23 heavy (non-hydrogen) atoms. The van der Waals surface area contributed by atoms with E-state index in [-0.39, 0.29) is 28.3 Å². The maximum absolute atomic E-state index is 12.6. The summed E-state index contributed by atoms with van der Waals surface area (Å²) in [4.78, 5) is 25.5. The molecule has 0 aliphatic carbocycles. The van der Waals surface area contributed by atoms with Gasteiger partial charge in [0.05, 0.1) is 24.9 Å². The first-order valence-corrected chi connectivity index (χ1v) is 6.42. The van der Waals surface area contributed by atoms with E-state index < -0.39 is 23.1 Å². The molecule has 0 unspecified atom stereocenters. The Labute approximate surface area is 132 Å². The summed E-state index contributed by atoms with van der Waals surface area (Å²) in [5.41, 5.74) is -4.01. The highest BCUT2D eigenvalue weighted by molar-refractivity contribution is 6.32. The fourth-order valence-electron chi connectivity index (χ4n) is 1.90. The molecule has 0 atom stereocenters. The van der Waals surface area contributed by atoms with Crippen LogP contribution in [0.25, 0.3) is 5.69 Å². The molecule has 0 bridgehead atoms. The summed E-state index contributed by atoms with van der Waals surface area (Å²) < 4.78 is 48.3. The van der Waals surface area contributed by atoms with Crippen LogP contribution in [0.5, 0.6) is 11.5 Å². The van der Waals surface area contributed by atoms with Gasteiger partial charge < -0.3 is 14.5 Å². The second-order valence-corrected chi connectivity index (χ2v) is 4.73. The van der Waals surface area contributed by atoms with Crippen molar-refractivity contribution in [3.63, 3.8) is 0 Å². The second-order valence-electron chi connectivity index (χ2n) is 4.32. The Morgan fingerprint density at radius 3 is 2.17 bits per heavy atom. The predicted molar refractivity (Wildman–Crippen MR) is 75.8 cm³/mol. The predicted octanol–water partition coefficient (Wildman–Crippen LogP) is 2.22. The van der Waals surface area contributed by atoms with E-state index >= 15 is 0 Å². The van der Waals surface area contributed by atoms with E-state index in [1.807, 2.05) is 0 Å². The number of aromatic nitrogens is 2. The summed E-state index contributed by atoms with van der Waals surface area (Å²) >= 11 is 5.93. The molecule has 0 fully saturated rings. The van der Waals surface area contributed by atoms with Crippen molar-refractivity contribution in [3.05, 3.63) is 49.8 Å². The number of nitrogens with zero attached hydrogens (tertiary/aromatic N) is 1. The van der Waals surface area contributed by atoms with Crippen LogP contribution in [-0.4, -0.2) is 23.8 Å². The lowest BCUT2D eigenvalue weighted by Gasteiger charge is -2.14. The molecule has 10 heteroatoms. The van der Waals surface area contributed by atoms with E-state index in [1.165, 1.54) is 26.4 Å². The maximum atomic E-state index is 12.6. The first kappa shape index (κ1) is 16.9. The molecule has 0 aliphatic rings. The van der Waals surface area contributed by atoms with Crippen molar-refractivity contribution in [2.45, 2.75) is 6.18 Å². The second kappa shape index (κ2) is 5.99. The van der Waals surface area contributed by atoms with Gasteiger partial charge in [-0.1, -0.05) is 11.6 Å². The van der Waals surface area contributed by atoms with Gasteiger partial charge in [-0.15, -0.1) is 0 Å². The Kier molecular flexibility index (Phi) is 4.42. The Morgan fingerprint density at radius 2 is 1.70 bits per heavy atom. The summed E-state index contributed by atoms with van der Waals surface area (Å²) in [6.07, 6.45) is -4.85. The topological polar surface area (TPSA) is 73.3 Å². The van der Waals surface area contributed by atoms with Gasteiger partial charge in [0.1, 0.15) is 17.2 Å². The van der Waals surface area contributed by atoms with E-state index in [4.69, 9.17) is 21.1 Å². The molecule has 1 heterocycles. The standard InChI is InChI=1S/C13H10ClF3N2O4/c1-22-8-4-9(23-2)7(3-6(8)14)19-11(20)5-10(13(15,16)17)18-12(19)21/h3-5H,1-2H3,(H,18,21). The third-order valence-electron chi connectivity index (χ3n) is 2.93. The lowest BCUT2D eigenvalue weighted by molar-refractivity contribution is -0.141. The summed E-state index contributed by atoms with van der Waals surface area (Å²) in [6, 6.07) is 2.77. The van der Waals surface area contributed by atoms with Crippen LogP contribution in [0.2, 0.25) is 5.02 Å². The van der Waals surface area contributed by atoms with Crippen molar-refractivity contribution in [1.82, 2.24) is 9.55 Å². The van der Waals surface area contributed by atoms with Gasteiger partial charge in [-0.2, -0.15) is 13.2 Å². The number of ether oxygens (including phenoxy) is 2. The van der Waals surface area contributed by atoms with Gasteiger partial charge in [0.15, 0.2) is 0 Å². The van der Waals surface area contributed by atoms with E-state index in [1.54, 1.807) is 4.98 Å². The van der Waals surface area contributed by atoms with Crippen molar-refractivity contribution >= 4 is 11.6 Å². The average molecular weight is 351 g/mol. The zero-order chi connectivity index (χ0) is 17.4. The number of H-pyrrole nitrogens is 1. The lowest BCUT2D eigenvalue weighted by atomic mass is 10.2. The van der Waals surface area contributed by atoms with E-state index in [9.17, 15) is 22.8 Å². The molecule has 124 valence electrons. The molecule has 0 radical (unpaired) electrons. The van der Waals surface area contributed by atoms with Gasteiger partial charge >= 0.3 is 11.9 Å². The van der Waals surface area contributed by atoms with Crippen LogP contribution in [0.1, 0.15) is 5.69 Å². The molecule has 0 saturated carbocycles. The number of rotatable bonds is 3. The van der Waals surface area contributed by atoms with Gasteiger partial charge in [0.25, 0.3) is 5.56 Å². The van der Waals surface area contributed by atoms with Crippen LogP contribution < -0.4 is 20.7 Å². The minimum Gasteiger partial charge on any atom is -0.495 e. The first-order valence-electron chi connectivity index (χ1n) is 6.04. The normalized spacial score (nSPS) is 11.4. The summed E-state index contributed by atoms with van der Waals surface area (Å²) in [5.74, 6) is 0.238. The van der Waals surface area contributed by atoms with Gasteiger partial charge in [0.2, 0.25) is 0 Å². The molecule has 1 aromatic carbocycles. The highest BCUT2D eigenvalue weighted by Gasteiger charge is 2.33. The molecule has 2 aromatic rings. The summed E-state index contributed by atoms with van der Waals surface area (Å²) in [7, 11) is 2.60. The van der Waals surface area contributed by atoms with E-state index in [2.05, 4.69) is 0 Å². The maximum Gasteiger partial charge on any atom is 0.431 e. The highest BCUT2D eigenvalue weighted by Crippen LogP contribution is 2.34. The Morgan fingerprint density at radius 1 is 1.09 bits per heavy atom. The Bertz CT molecular complexity index is 827. The third-order valence-corrected chi connectivity index (χ3v) is 3.23. The van der Waals surface area contributed by atoms with Crippen LogP contribution in [0.4, 0.5) is 13.2 Å². The number of alkyl halides is 3.